The first-order chi connectivity index (χ1) is 6.68. The molecule has 1 fully saturated rings. The fourth-order valence-corrected chi connectivity index (χ4v) is 1.45. The number of amides is 1. The fourth-order valence-electron chi connectivity index (χ4n) is 1.45. The zero-order chi connectivity index (χ0) is 10.1. The number of hydrogen-bond acceptors (Lipinski definition) is 3. The van der Waals surface area contributed by atoms with Gasteiger partial charge in [0.1, 0.15) is 11.3 Å². The van der Waals surface area contributed by atoms with Gasteiger partial charge >= 0.3 is 0 Å². The molecule has 1 aromatic heterocycles. The van der Waals surface area contributed by atoms with Gasteiger partial charge in [0.05, 0.1) is 5.69 Å². The molecule has 0 aliphatic heterocycles. The van der Waals surface area contributed by atoms with E-state index in [2.05, 4.69) is 10.5 Å². The Morgan fingerprint density at radius 2 is 2.29 bits per heavy atom. The van der Waals surface area contributed by atoms with Crippen LogP contribution in [0.5, 0.6) is 0 Å². The van der Waals surface area contributed by atoms with E-state index in [-0.39, 0.29) is 5.91 Å². The van der Waals surface area contributed by atoms with Crippen molar-refractivity contribution in [2.75, 3.05) is 6.54 Å². The minimum Gasteiger partial charge on any atom is -0.361 e. The van der Waals surface area contributed by atoms with Crippen molar-refractivity contribution in [3.8, 4) is 0 Å². The Labute approximate surface area is 82.7 Å². The van der Waals surface area contributed by atoms with E-state index in [1.54, 1.807) is 13.8 Å². The zero-order valence-corrected chi connectivity index (χ0v) is 8.46. The van der Waals surface area contributed by atoms with Crippen molar-refractivity contribution < 1.29 is 9.32 Å². The summed E-state index contributed by atoms with van der Waals surface area (Å²) in [6.45, 7) is 4.32. The molecule has 1 N–H and O–H groups in total. The van der Waals surface area contributed by atoms with E-state index in [0.29, 0.717) is 22.9 Å². The van der Waals surface area contributed by atoms with Gasteiger partial charge in [0.15, 0.2) is 0 Å². The van der Waals surface area contributed by atoms with Crippen LogP contribution < -0.4 is 5.32 Å². The van der Waals surface area contributed by atoms with E-state index in [1.807, 2.05) is 0 Å². The van der Waals surface area contributed by atoms with Gasteiger partial charge < -0.3 is 9.84 Å². The highest BCUT2D eigenvalue weighted by atomic mass is 16.5. The molecule has 4 heteroatoms. The Morgan fingerprint density at radius 3 is 2.79 bits per heavy atom. The third-order valence-corrected chi connectivity index (χ3v) is 2.51. The van der Waals surface area contributed by atoms with Crippen LogP contribution in [0.1, 0.15) is 34.7 Å². The smallest absolute Gasteiger partial charge is 0.256 e. The monoisotopic (exact) mass is 194 g/mol. The molecule has 4 nitrogen and oxygen atoms in total. The van der Waals surface area contributed by atoms with E-state index < -0.39 is 0 Å². The Morgan fingerprint density at radius 1 is 1.57 bits per heavy atom. The molecule has 14 heavy (non-hydrogen) atoms. The average molecular weight is 194 g/mol. The maximum Gasteiger partial charge on any atom is 0.256 e. The number of carbonyl (C=O) groups excluding carboxylic acids is 1. The molecule has 0 radical (unpaired) electrons. The van der Waals surface area contributed by atoms with Gasteiger partial charge in [0.2, 0.25) is 0 Å². The van der Waals surface area contributed by atoms with E-state index in [0.717, 1.165) is 6.54 Å². The van der Waals surface area contributed by atoms with Crippen molar-refractivity contribution in [2.24, 2.45) is 5.92 Å². The van der Waals surface area contributed by atoms with Gasteiger partial charge in [-0.25, -0.2) is 0 Å². The van der Waals surface area contributed by atoms with Gasteiger partial charge in [-0.05, 0) is 32.6 Å². The minimum atomic E-state index is -0.0619. The molecule has 1 saturated carbocycles. The molecular formula is C10H14N2O2. The third kappa shape index (κ3) is 1.78. The van der Waals surface area contributed by atoms with Gasteiger partial charge in [0.25, 0.3) is 5.91 Å². The van der Waals surface area contributed by atoms with Crippen LogP contribution in [0.4, 0.5) is 0 Å². The molecule has 0 aromatic carbocycles. The lowest BCUT2D eigenvalue weighted by atomic mass is 10.2. The highest BCUT2D eigenvalue weighted by molar-refractivity contribution is 5.96. The van der Waals surface area contributed by atoms with Crippen molar-refractivity contribution in [1.29, 1.82) is 0 Å². The van der Waals surface area contributed by atoms with Crippen molar-refractivity contribution in [1.82, 2.24) is 10.5 Å². The van der Waals surface area contributed by atoms with Gasteiger partial charge in [-0.3, -0.25) is 4.79 Å². The van der Waals surface area contributed by atoms with Crippen LogP contribution in [0.25, 0.3) is 0 Å². The number of nitrogens with one attached hydrogen (secondary N) is 1. The number of rotatable bonds is 3. The molecule has 0 unspecified atom stereocenters. The van der Waals surface area contributed by atoms with Crippen LogP contribution in [-0.2, 0) is 0 Å². The van der Waals surface area contributed by atoms with E-state index in [4.69, 9.17) is 4.52 Å². The number of aryl methyl sites for hydroxylation is 2. The van der Waals surface area contributed by atoms with Gasteiger partial charge in [0, 0.05) is 6.54 Å². The number of carbonyl (C=O) groups is 1. The predicted molar refractivity (Wildman–Crippen MR) is 51.0 cm³/mol. The largest absolute Gasteiger partial charge is 0.361 e. The molecule has 0 atom stereocenters. The van der Waals surface area contributed by atoms with Crippen molar-refractivity contribution in [3.05, 3.63) is 17.0 Å². The van der Waals surface area contributed by atoms with Gasteiger partial charge in [-0.2, -0.15) is 0 Å². The van der Waals surface area contributed by atoms with Crippen LogP contribution in [-0.4, -0.2) is 17.6 Å². The van der Waals surface area contributed by atoms with Crippen molar-refractivity contribution in [3.63, 3.8) is 0 Å². The molecule has 2 rings (SSSR count). The first-order valence-corrected chi connectivity index (χ1v) is 4.89. The first-order valence-electron chi connectivity index (χ1n) is 4.89. The van der Waals surface area contributed by atoms with E-state index in [9.17, 15) is 4.79 Å². The summed E-state index contributed by atoms with van der Waals surface area (Å²) < 4.78 is 4.93. The molecule has 1 aromatic rings. The second kappa shape index (κ2) is 3.44. The lowest BCUT2D eigenvalue weighted by Gasteiger charge is -2.02. The Balaban J connectivity index is 2.01. The van der Waals surface area contributed by atoms with E-state index >= 15 is 0 Å². The normalized spacial score (nSPS) is 15.6. The molecule has 1 amide bonds. The SMILES string of the molecule is Cc1noc(C)c1C(=O)NCC1CC1. The number of nitrogens with zero attached hydrogens (tertiary/aromatic N) is 1. The minimum absolute atomic E-state index is 0.0619. The summed E-state index contributed by atoms with van der Waals surface area (Å²) in [5.41, 5.74) is 1.25. The molecule has 0 saturated heterocycles. The molecule has 1 heterocycles. The summed E-state index contributed by atoms with van der Waals surface area (Å²) in [6, 6.07) is 0. The summed E-state index contributed by atoms with van der Waals surface area (Å²) in [6.07, 6.45) is 2.48. The van der Waals surface area contributed by atoms with Crippen LogP contribution in [0.3, 0.4) is 0 Å². The van der Waals surface area contributed by atoms with E-state index in [1.165, 1.54) is 12.8 Å². The number of hydrogen-bond donors (Lipinski definition) is 1. The van der Waals surface area contributed by atoms with Crippen LogP contribution >= 0.6 is 0 Å². The summed E-state index contributed by atoms with van der Waals surface area (Å²) in [5, 5.41) is 6.63. The fraction of sp³-hybridized carbons (Fsp3) is 0.600. The lowest BCUT2D eigenvalue weighted by molar-refractivity contribution is 0.0950. The summed E-state index contributed by atoms with van der Waals surface area (Å²) in [4.78, 5) is 11.7. The second-order valence-corrected chi connectivity index (χ2v) is 3.85. The molecule has 1 aliphatic rings. The number of aromatic nitrogens is 1. The third-order valence-electron chi connectivity index (χ3n) is 2.51. The maximum atomic E-state index is 11.7. The Bertz CT molecular complexity index is 334. The van der Waals surface area contributed by atoms with Crippen LogP contribution in [0.2, 0.25) is 0 Å². The highest BCUT2D eigenvalue weighted by Crippen LogP contribution is 2.27. The van der Waals surface area contributed by atoms with Crippen molar-refractivity contribution in [2.45, 2.75) is 26.7 Å². The molecule has 0 spiro atoms. The van der Waals surface area contributed by atoms with Crippen LogP contribution in [0.15, 0.2) is 4.52 Å². The molecule has 1 aliphatic carbocycles. The van der Waals surface area contributed by atoms with Crippen LogP contribution in [0, 0.1) is 19.8 Å². The molecule has 0 bridgehead atoms. The average Bonchev–Trinajstić information content (AvgIpc) is 2.90. The summed E-state index contributed by atoms with van der Waals surface area (Å²) >= 11 is 0. The topological polar surface area (TPSA) is 55.1 Å². The second-order valence-electron chi connectivity index (χ2n) is 3.85. The maximum absolute atomic E-state index is 11.7. The zero-order valence-electron chi connectivity index (χ0n) is 8.46. The van der Waals surface area contributed by atoms with Gasteiger partial charge in [-0.15, -0.1) is 0 Å². The Kier molecular flexibility index (Phi) is 2.27. The lowest BCUT2D eigenvalue weighted by Crippen LogP contribution is -2.26. The summed E-state index contributed by atoms with van der Waals surface area (Å²) in [5.74, 6) is 1.23. The van der Waals surface area contributed by atoms with Gasteiger partial charge in [-0.1, -0.05) is 5.16 Å². The molecule has 76 valence electrons. The quantitative estimate of drug-likeness (QED) is 0.792. The highest BCUT2D eigenvalue weighted by Gasteiger charge is 2.23. The Hall–Kier alpha value is -1.32. The molecular weight excluding hydrogens is 180 g/mol. The predicted octanol–water partition coefficient (Wildman–Crippen LogP) is 1.43. The first kappa shape index (κ1) is 9.24. The summed E-state index contributed by atoms with van der Waals surface area (Å²) in [7, 11) is 0. The van der Waals surface area contributed by atoms with Crippen molar-refractivity contribution >= 4 is 5.91 Å². The standard InChI is InChI=1S/C10H14N2O2/c1-6-9(7(2)14-12-6)10(13)11-5-8-3-4-8/h8H,3-5H2,1-2H3,(H,11,13).